The summed E-state index contributed by atoms with van der Waals surface area (Å²) in [6.07, 6.45) is 5.51. The standard InChI is InChI=1S/C29H32FN5O3S/c1-19-26(28(38)35(33(19)2)23-11-7-4-8-12-23)32-29-34(18-20-9-5-3-6-10-20)27(37)24(39-29)17-25(36)31-22-15-13-21(30)14-16-22/h4,7-8,11-16,20,24H,3,5-6,9-10,17-18H2,1-2H3,(H,31,36)/t24-/m0/s1. The Kier molecular flexibility index (Phi) is 8.02. The van der Waals surface area contributed by atoms with Crippen molar-refractivity contribution in [1.29, 1.82) is 0 Å². The van der Waals surface area contributed by atoms with E-state index in [1.807, 2.05) is 44.3 Å². The van der Waals surface area contributed by atoms with Gasteiger partial charge in [0.15, 0.2) is 10.9 Å². The third-order valence-electron chi connectivity index (χ3n) is 7.42. The third-order valence-corrected chi connectivity index (χ3v) is 8.59. The van der Waals surface area contributed by atoms with Crippen LogP contribution in [0.4, 0.5) is 15.8 Å². The van der Waals surface area contributed by atoms with Crippen LogP contribution in [0.1, 0.15) is 44.2 Å². The van der Waals surface area contributed by atoms with E-state index in [1.165, 1.54) is 42.4 Å². The number of aliphatic imine (C=N–C) groups is 1. The molecule has 1 N–H and O–H groups in total. The number of hydrogen-bond acceptors (Lipinski definition) is 5. The summed E-state index contributed by atoms with van der Waals surface area (Å²) in [5, 5.41) is 2.53. The van der Waals surface area contributed by atoms with Crippen LogP contribution in [-0.4, -0.2) is 43.0 Å². The monoisotopic (exact) mass is 549 g/mol. The van der Waals surface area contributed by atoms with Gasteiger partial charge in [-0.3, -0.25) is 24.0 Å². The predicted octanol–water partition coefficient (Wildman–Crippen LogP) is 5.16. The lowest BCUT2D eigenvalue weighted by Crippen LogP contribution is -2.37. The summed E-state index contributed by atoms with van der Waals surface area (Å²) in [6.45, 7) is 2.36. The minimum Gasteiger partial charge on any atom is -0.326 e. The van der Waals surface area contributed by atoms with Crippen LogP contribution >= 0.6 is 11.8 Å². The molecule has 1 aliphatic carbocycles. The van der Waals surface area contributed by atoms with Crippen LogP contribution < -0.4 is 10.9 Å². The van der Waals surface area contributed by atoms with Crippen molar-refractivity contribution in [2.75, 3.05) is 11.9 Å². The summed E-state index contributed by atoms with van der Waals surface area (Å²) in [5.41, 5.74) is 1.88. The van der Waals surface area contributed by atoms with Crippen molar-refractivity contribution < 1.29 is 14.0 Å². The molecule has 3 aromatic rings. The number of carbonyl (C=O) groups is 2. The van der Waals surface area contributed by atoms with Gasteiger partial charge in [-0.1, -0.05) is 49.2 Å². The van der Waals surface area contributed by atoms with Gasteiger partial charge < -0.3 is 5.32 Å². The van der Waals surface area contributed by atoms with Crippen LogP contribution in [0.25, 0.3) is 5.69 Å². The Labute approximate surface area is 230 Å². The van der Waals surface area contributed by atoms with Gasteiger partial charge in [-0.15, -0.1) is 0 Å². The number of hydrogen-bond donors (Lipinski definition) is 1. The number of aromatic nitrogens is 2. The molecule has 1 saturated carbocycles. The Morgan fingerprint density at radius 2 is 1.74 bits per heavy atom. The first kappa shape index (κ1) is 26.9. The molecule has 0 unspecified atom stereocenters. The summed E-state index contributed by atoms with van der Waals surface area (Å²) in [6, 6.07) is 14.8. The van der Waals surface area contributed by atoms with Crippen molar-refractivity contribution in [1.82, 2.24) is 14.3 Å². The van der Waals surface area contributed by atoms with Crippen LogP contribution in [0.15, 0.2) is 64.4 Å². The average molecular weight is 550 g/mol. The maximum atomic E-state index is 13.6. The lowest BCUT2D eigenvalue weighted by Gasteiger charge is -2.26. The van der Waals surface area contributed by atoms with Gasteiger partial charge in [0.1, 0.15) is 11.1 Å². The number of amides is 2. The Bertz CT molecular complexity index is 1440. The number of benzene rings is 2. The Hall–Kier alpha value is -3.66. The number of carbonyl (C=O) groups excluding carboxylic acids is 2. The zero-order valence-electron chi connectivity index (χ0n) is 22.1. The van der Waals surface area contributed by atoms with Crippen molar-refractivity contribution in [3.63, 3.8) is 0 Å². The Morgan fingerprint density at radius 1 is 1.05 bits per heavy atom. The highest BCUT2D eigenvalue weighted by Gasteiger charge is 2.40. The fourth-order valence-electron chi connectivity index (χ4n) is 5.21. The van der Waals surface area contributed by atoms with Gasteiger partial charge in [0.2, 0.25) is 11.8 Å². The van der Waals surface area contributed by atoms with Crippen molar-refractivity contribution in [3.8, 4) is 5.69 Å². The van der Waals surface area contributed by atoms with Crippen LogP contribution in [0.2, 0.25) is 0 Å². The highest BCUT2D eigenvalue weighted by Crippen LogP contribution is 2.35. The van der Waals surface area contributed by atoms with Crippen molar-refractivity contribution in [2.45, 2.75) is 50.7 Å². The topological polar surface area (TPSA) is 88.7 Å². The summed E-state index contributed by atoms with van der Waals surface area (Å²) < 4.78 is 16.6. The normalized spacial score (nSPS) is 19.2. The second-order valence-corrected chi connectivity index (χ2v) is 11.3. The first-order valence-electron chi connectivity index (χ1n) is 13.3. The molecule has 2 amide bonds. The van der Waals surface area contributed by atoms with Crippen LogP contribution in [0.3, 0.4) is 0 Å². The number of para-hydroxylation sites is 1. The average Bonchev–Trinajstić information content (AvgIpc) is 3.33. The van der Waals surface area contributed by atoms with Gasteiger partial charge in [-0.2, -0.15) is 0 Å². The number of amidine groups is 1. The number of nitrogens with zero attached hydrogens (tertiary/aromatic N) is 4. The van der Waals surface area contributed by atoms with E-state index < -0.39 is 11.1 Å². The lowest BCUT2D eigenvalue weighted by atomic mass is 9.89. The van der Waals surface area contributed by atoms with Crippen molar-refractivity contribution >= 4 is 40.1 Å². The molecule has 1 aliphatic heterocycles. The molecule has 2 fully saturated rings. The molecule has 8 nitrogen and oxygen atoms in total. The fraction of sp³-hybridized carbons (Fsp3) is 0.379. The molecule has 2 aliphatic rings. The molecule has 0 spiro atoms. The Morgan fingerprint density at radius 3 is 2.44 bits per heavy atom. The zero-order valence-corrected chi connectivity index (χ0v) is 22.9. The smallest absolute Gasteiger partial charge is 0.297 e. The van der Waals surface area contributed by atoms with E-state index >= 15 is 0 Å². The van der Waals surface area contributed by atoms with E-state index in [1.54, 1.807) is 14.3 Å². The quantitative estimate of drug-likeness (QED) is 0.441. The van der Waals surface area contributed by atoms with E-state index in [-0.39, 0.29) is 29.5 Å². The molecule has 1 saturated heterocycles. The zero-order chi connectivity index (χ0) is 27.5. The van der Waals surface area contributed by atoms with Gasteiger partial charge in [-0.05, 0) is 62.1 Å². The molecule has 0 radical (unpaired) electrons. The Balaban J connectivity index is 1.43. The molecular weight excluding hydrogens is 517 g/mol. The molecule has 2 heterocycles. The van der Waals surface area contributed by atoms with Gasteiger partial charge >= 0.3 is 0 Å². The molecular formula is C29H32FN5O3S. The molecule has 204 valence electrons. The summed E-state index contributed by atoms with van der Waals surface area (Å²) >= 11 is 1.23. The summed E-state index contributed by atoms with van der Waals surface area (Å²) in [5.74, 6) is -0.543. The van der Waals surface area contributed by atoms with Crippen molar-refractivity contribution in [3.05, 3.63) is 76.5 Å². The molecule has 5 rings (SSSR count). The first-order chi connectivity index (χ1) is 18.8. The second-order valence-electron chi connectivity index (χ2n) is 10.1. The minimum absolute atomic E-state index is 0.0525. The maximum absolute atomic E-state index is 13.6. The van der Waals surface area contributed by atoms with Crippen LogP contribution in [-0.2, 0) is 16.6 Å². The first-order valence-corrected chi connectivity index (χ1v) is 14.2. The molecule has 39 heavy (non-hydrogen) atoms. The second kappa shape index (κ2) is 11.6. The van der Waals surface area contributed by atoms with E-state index in [9.17, 15) is 18.8 Å². The van der Waals surface area contributed by atoms with Gasteiger partial charge in [0, 0.05) is 25.7 Å². The molecule has 10 heteroatoms. The predicted molar refractivity (Wildman–Crippen MR) is 152 cm³/mol. The highest BCUT2D eigenvalue weighted by molar-refractivity contribution is 8.15. The van der Waals surface area contributed by atoms with E-state index in [0.29, 0.717) is 29.0 Å². The molecule has 2 aromatic carbocycles. The lowest BCUT2D eigenvalue weighted by molar-refractivity contribution is -0.128. The summed E-state index contributed by atoms with van der Waals surface area (Å²) in [7, 11) is 1.81. The number of nitrogens with one attached hydrogen (secondary N) is 1. The van der Waals surface area contributed by atoms with Gasteiger partial charge in [0.25, 0.3) is 5.56 Å². The van der Waals surface area contributed by atoms with Crippen molar-refractivity contribution in [2.24, 2.45) is 18.0 Å². The van der Waals surface area contributed by atoms with E-state index in [2.05, 4.69) is 5.32 Å². The maximum Gasteiger partial charge on any atom is 0.297 e. The highest BCUT2D eigenvalue weighted by atomic mass is 32.2. The largest absolute Gasteiger partial charge is 0.326 e. The summed E-state index contributed by atoms with van der Waals surface area (Å²) in [4.78, 5) is 46.3. The third kappa shape index (κ3) is 5.85. The number of rotatable bonds is 7. The molecule has 1 atom stereocenters. The minimum atomic E-state index is -0.659. The fourth-order valence-corrected chi connectivity index (χ4v) is 6.37. The van der Waals surface area contributed by atoms with Gasteiger partial charge in [0.05, 0.1) is 11.4 Å². The molecule has 1 aromatic heterocycles. The van der Waals surface area contributed by atoms with E-state index in [4.69, 9.17) is 4.99 Å². The number of thioether (sulfide) groups is 1. The number of halogens is 1. The van der Waals surface area contributed by atoms with E-state index in [0.717, 1.165) is 31.4 Å². The van der Waals surface area contributed by atoms with Crippen LogP contribution in [0, 0.1) is 18.7 Å². The van der Waals surface area contributed by atoms with Crippen LogP contribution in [0.5, 0.6) is 0 Å². The SMILES string of the molecule is Cc1c(N=C2S[C@@H](CC(=O)Nc3ccc(F)cc3)C(=O)N2CC2CCCCC2)c(=O)n(-c2ccccc2)n1C. The number of anilines is 1. The molecule has 0 bridgehead atoms. The van der Waals surface area contributed by atoms with Gasteiger partial charge in [-0.25, -0.2) is 14.1 Å².